The van der Waals surface area contributed by atoms with E-state index >= 15 is 4.39 Å². The van der Waals surface area contributed by atoms with E-state index < -0.39 is 22.8 Å². The Morgan fingerprint density at radius 1 is 1.11 bits per heavy atom. The molecule has 0 radical (unpaired) electrons. The Hall–Kier alpha value is -3.52. The van der Waals surface area contributed by atoms with E-state index in [9.17, 15) is 18.5 Å². The smallest absolute Gasteiger partial charge is 0.355 e. The predicted molar refractivity (Wildman–Crippen MR) is 167 cm³/mol. The summed E-state index contributed by atoms with van der Waals surface area (Å²) in [5.41, 5.74) is 4.04. The molecular formula is C31H34F2N6O3S2. The van der Waals surface area contributed by atoms with Crippen molar-refractivity contribution >= 4 is 34.0 Å². The molecule has 9 nitrogen and oxygen atoms in total. The van der Waals surface area contributed by atoms with E-state index in [-0.39, 0.29) is 16.4 Å². The highest BCUT2D eigenvalue weighted by molar-refractivity contribution is 7.82. The van der Waals surface area contributed by atoms with Gasteiger partial charge in [-0.2, -0.15) is 5.10 Å². The van der Waals surface area contributed by atoms with Gasteiger partial charge in [-0.1, -0.05) is 6.07 Å². The quantitative estimate of drug-likeness (QED) is 0.250. The van der Waals surface area contributed by atoms with Crippen molar-refractivity contribution in [2.45, 2.75) is 50.5 Å². The minimum absolute atomic E-state index is 0.0713. The molecule has 2 aromatic carbocycles. The Bertz CT molecular complexity index is 1730. The standard InChI is InChI=1S/C31H34F2N6O3S2/c1-18(2)37-9-11-38(12-10-37)27-16-21(6-7-23(27)32)29-22(13-20-5-8-28(44(34)42)24(33)14-20)26(15-19-3-4-19)39(36-29)31-35-25(17-43-31)30(40)41/h5-8,14,16-19H,3-4,9-13,15,34H2,1-2H3,(H,40,41). The summed E-state index contributed by atoms with van der Waals surface area (Å²) in [4.78, 5) is 20.3. The number of halogens is 2. The molecule has 0 spiro atoms. The van der Waals surface area contributed by atoms with E-state index in [2.05, 4.69) is 28.6 Å². The molecular weight excluding hydrogens is 607 g/mol. The van der Waals surface area contributed by atoms with Crippen molar-refractivity contribution in [1.29, 1.82) is 0 Å². The fourth-order valence-electron chi connectivity index (χ4n) is 5.73. The predicted octanol–water partition coefficient (Wildman–Crippen LogP) is 5.03. The molecule has 4 aromatic rings. The third kappa shape index (κ3) is 6.32. The number of nitrogens with zero attached hydrogens (tertiary/aromatic N) is 5. The monoisotopic (exact) mass is 640 g/mol. The van der Waals surface area contributed by atoms with Crippen molar-refractivity contribution in [2.75, 3.05) is 31.1 Å². The normalized spacial score (nSPS) is 16.5. The molecule has 2 aliphatic rings. The lowest BCUT2D eigenvalue weighted by Crippen LogP contribution is -2.49. The largest absolute Gasteiger partial charge is 0.476 e. The van der Waals surface area contributed by atoms with Crippen LogP contribution in [0.15, 0.2) is 46.7 Å². The van der Waals surface area contributed by atoms with Crippen molar-refractivity contribution < 1.29 is 22.9 Å². The Balaban J connectivity index is 1.46. The fourth-order valence-corrected chi connectivity index (χ4v) is 6.95. The summed E-state index contributed by atoms with van der Waals surface area (Å²) in [7, 11) is -1.96. The van der Waals surface area contributed by atoms with Gasteiger partial charge in [-0.15, -0.1) is 11.3 Å². The van der Waals surface area contributed by atoms with Gasteiger partial charge in [0.1, 0.15) is 22.6 Å². The first-order valence-electron chi connectivity index (χ1n) is 14.6. The molecule has 44 heavy (non-hydrogen) atoms. The molecule has 13 heteroatoms. The number of aromatic nitrogens is 3. The molecule has 2 fully saturated rings. The average molecular weight is 641 g/mol. The highest BCUT2D eigenvalue weighted by Gasteiger charge is 2.30. The number of thiazole rings is 1. The number of hydrogen-bond acceptors (Lipinski definition) is 7. The van der Waals surface area contributed by atoms with E-state index in [1.807, 2.05) is 6.07 Å². The van der Waals surface area contributed by atoms with Gasteiger partial charge in [0.05, 0.1) is 22.0 Å². The number of aromatic carboxylic acids is 1. The Morgan fingerprint density at radius 3 is 2.48 bits per heavy atom. The number of rotatable bonds is 10. The maximum absolute atomic E-state index is 15.3. The summed E-state index contributed by atoms with van der Waals surface area (Å²) in [6, 6.07) is 9.86. The molecule has 2 aromatic heterocycles. The Morgan fingerprint density at radius 2 is 1.86 bits per heavy atom. The zero-order valence-electron chi connectivity index (χ0n) is 24.5. The number of anilines is 1. The van der Waals surface area contributed by atoms with Crippen LogP contribution in [0, 0.1) is 17.6 Å². The molecule has 1 unspecified atom stereocenters. The molecule has 0 bridgehead atoms. The number of nitrogens with two attached hydrogens (primary N) is 1. The van der Waals surface area contributed by atoms with E-state index in [1.54, 1.807) is 16.8 Å². The number of piperazine rings is 1. The topological polar surface area (TPSA) is 118 Å². The van der Waals surface area contributed by atoms with Gasteiger partial charge in [0.2, 0.25) is 5.13 Å². The summed E-state index contributed by atoms with van der Waals surface area (Å²) < 4.78 is 43.6. The summed E-state index contributed by atoms with van der Waals surface area (Å²) in [5, 5.41) is 21.8. The van der Waals surface area contributed by atoms with E-state index in [1.165, 1.54) is 34.9 Å². The van der Waals surface area contributed by atoms with Gasteiger partial charge >= 0.3 is 5.97 Å². The molecule has 1 saturated carbocycles. The van der Waals surface area contributed by atoms with Crippen LogP contribution in [-0.2, 0) is 23.8 Å². The van der Waals surface area contributed by atoms with Crippen LogP contribution in [0.25, 0.3) is 16.4 Å². The number of benzene rings is 2. The van der Waals surface area contributed by atoms with Crippen molar-refractivity contribution in [3.05, 3.63) is 75.9 Å². The number of carboxylic acid groups (broad SMARTS) is 1. The minimum atomic E-state index is -1.96. The molecule has 3 heterocycles. The fraction of sp³-hybridized carbons (Fsp3) is 0.387. The van der Waals surface area contributed by atoms with Gasteiger partial charge in [0.15, 0.2) is 5.69 Å². The van der Waals surface area contributed by atoms with Gasteiger partial charge in [-0.05, 0) is 74.9 Å². The van der Waals surface area contributed by atoms with E-state index in [0.717, 1.165) is 37.2 Å². The maximum atomic E-state index is 15.3. The first kappa shape index (κ1) is 30.5. The molecule has 3 N–H and O–H groups in total. The zero-order chi connectivity index (χ0) is 31.1. The van der Waals surface area contributed by atoms with Gasteiger partial charge in [-0.25, -0.2) is 32.6 Å². The van der Waals surface area contributed by atoms with Crippen LogP contribution in [0.2, 0.25) is 0 Å². The van der Waals surface area contributed by atoms with Gasteiger partial charge in [0.25, 0.3) is 0 Å². The van der Waals surface area contributed by atoms with Crippen molar-refractivity contribution in [1.82, 2.24) is 19.7 Å². The van der Waals surface area contributed by atoms with Crippen LogP contribution < -0.4 is 10.0 Å². The molecule has 232 valence electrons. The molecule has 1 atom stereocenters. The van der Waals surface area contributed by atoms with Crippen LogP contribution in [0.4, 0.5) is 14.5 Å². The summed E-state index contributed by atoms with van der Waals surface area (Å²) >= 11 is 1.18. The second-order valence-corrected chi connectivity index (χ2v) is 13.5. The second-order valence-electron chi connectivity index (χ2n) is 11.7. The van der Waals surface area contributed by atoms with Crippen LogP contribution in [0.1, 0.15) is 54.0 Å². The summed E-state index contributed by atoms with van der Waals surface area (Å²) in [6.45, 7) is 7.36. The highest BCUT2D eigenvalue weighted by atomic mass is 32.2. The number of carboxylic acids is 1. The van der Waals surface area contributed by atoms with Crippen LogP contribution in [0.3, 0.4) is 0 Å². The van der Waals surface area contributed by atoms with Crippen LogP contribution >= 0.6 is 11.3 Å². The molecule has 1 aliphatic heterocycles. The Labute approximate surface area is 260 Å². The maximum Gasteiger partial charge on any atom is 0.355 e. The number of carbonyl (C=O) groups is 1. The van der Waals surface area contributed by atoms with Crippen LogP contribution in [0.5, 0.6) is 0 Å². The van der Waals surface area contributed by atoms with Crippen LogP contribution in [-0.4, -0.2) is 67.2 Å². The van der Waals surface area contributed by atoms with Gasteiger partial charge < -0.3 is 10.0 Å². The third-order valence-corrected chi connectivity index (χ3v) is 9.94. The van der Waals surface area contributed by atoms with Crippen molar-refractivity contribution in [3.8, 4) is 16.4 Å². The molecule has 1 saturated heterocycles. The van der Waals surface area contributed by atoms with Crippen molar-refractivity contribution in [3.63, 3.8) is 0 Å². The minimum Gasteiger partial charge on any atom is -0.476 e. The summed E-state index contributed by atoms with van der Waals surface area (Å²) in [6.07, 6.45) is 3.10. The van der Waals surface area contributed by atoms with Gasteiger partial charge in [0, 0.05) is 55.1 Å². The third-order valence-electron chi connectivity index (χ3n) is 8.36. The van der Waals surface area contributed by atoms with Gasteiger partial charge in [-0.3, -0.25) is 4.90 Å². The molecule has 6 rings (SSSR count). The highest BCUT2D eigenvalue weighted by Crippen LogP contribution is 2.39. The molecule has 0 amide bonds. The van der Waals surface area contributed by atoms with Crippen molar-refractivity contribution in [2.24, 2.45) is 11.1 Å². The molecule has 1 aliphatic carbocycles. The lowest BCUT2D eigenvalue weighted by atomic mass is 9.96. The van der Waals surface area contributed by atoms with E-state index in [0.29, 0.717) is 65.5 Å². The first-order chi connectivity index (χ1) is 21.1. The zero-order valence-corrected chi connectivity index (χ0v) is 26.1. The Kier molecular flexibility index (Phi) is 8.64. The lowest BCUT2D eigenvalue weighted by molar-refractivity contribution is 0.0691. The summed E-state index contributed by atoms with van der Waals surface area (Å²) in [5.74, 6) is -1.66. The first-order valence-corrected chi connectivity index (χ1v) is 16.7. The average Bonchev–Trinajstić information content (AvgIpc) is 3.55. The lowest BCUT2D eigenvalue weighted by Gasteiger charge is -2.38. The SMILES string of the molecule is CC(C)N1CCN(c2cc(-c3nn(-c4nc(C(=O)O)cs4)c(CC4CC4)c3Cc3ccc(S(N)=O)c(F)c3)ccc2F)CC1. The van der Waals surface area contributed by atoms with E-state index in [4.69, 9.17) is 10.2 Å². The second kappa shape index (κ2) is 12.5. The number of hydrogen-bond donors (Lipinski definition) is 2.